The van der Waals surface area contributed by atoms with E-state index in [0.717, 1.165) is 11.1 Å². The van der Waals surface area contributed by atoms with Crippen LogP contribution in [0.5, 0.6) is 0 Å². The number of nitrogens with zero attached hydrogens (tertiary/aromatic N) is 1. The Bertz CT molecular complexity index is 1450. The van der Waals surface area contributed by atoms with Crippen molar-refractivity contribution >= 4 is 41.4 Å². The predicted molar refractivity (Wildman–Crippen MR) is 146 cm³/mol. The summed E-state index contributed by atoms with van der Waals surface area (Å²) in [4.78, 5) is 77.2. The Labute approximate surface area is 245 Å². The molecule has 5 rings (SSSR count). The summed E-state index contributed by atoms with van der Waals surface area (Å²) in [6, 6.07) is 9.44. The number of cyclic esters (lactones) is 1. The topological polar surface area (TPSA) is 201 Å². The highest BCUT2D eigenvalue weighted by Crippen LogP contribution is 2.39. The molecule has 3 heterocycles. The minimum Gasteiger partial charge on any atom is -0.481 e. The molecule has 2 aromatic carbocycles. The van der Waals surface area contributed by atoms with Crippen molar-refractivity contribution in [3.63, 3.8) is 0 Å². The van der Waals surface area contributed by atoms with E-state index in [0.29, 0.717) is 17.7 Å². The fourth-order valence-electron chi connectivity index (χ4n) is 5.48. The molecule has 14 nitrogen and oxygen atoms in total. The number of anilines is 1. The van der Waals surface area contributed by atoms with Crippen molar-refractivity contribution in [1.29, 1.82) is 0 Å². The van der Waals surface area contributed by atoms with Gasteiger partial charge in [0.1, 0.15) is 30.8 Å². The van der Waals surface area contributed by atoms with Crippen LogP contribution >= 0.6 is 0 Å². The average Bonchev–Trinajstić information content (AvgIpc) is 3.48. The Balaban J connectivity index is 1.30. The van der Waals surface area contributed by atoms with Crippen molar-refractivity contribution in [1.82, 2.24) is 16.0 Å². The SMILES string of the molecule is O=C(O)C[C@H](NC(=O)OCc1ccccc1)C(=O)N[C@H]1CCc2cccc3c2N(C1=O)[C@H](C(=O)N[C@H]1CC(=O)OC1O)C3. The van der Waals surface area contributed by atoms with Crippen LogP contribution in [0.4, 0.5) is 10.5 Å². The molecule has 1 fully saturated rings. The minimum absolute atomic E-state index is 0.105. The highest BCUT2D eigenvalue weighted by Gasteiger charge is 2.46. The van der Waals surface area contributed by atoms with Crippen LogP contribution in [0.3, 0.4) is 0 Å². The third-order valence-corrected chi connectivity index (χ3v) is 7.54. The molecule has 0 bridgehead atoms. The zero-order valence-corrected chi connectivity index (χ0v) is 22.9. The zero-order valence-electron chi connectivity index (χ0n) is 22.9. The van der Waals surface area contributed by atoms with Gasteiger partial charge in [0.25, 0.3) is 0 Å². The summed E-state index contributed by atoms with van der Waals surface area (Å²) in [5.41, 5.74) is 2.75. The first-order chi connectivity index (χ1) is 20.6. The van der Waals surface area contributed by atoms with E-state index in [1.165, 1.54) is 4.90 Å². The maximum Gasteiger partial charge on any atom is 0.408 e. The Morgan fingerprint density at radius 3 is 2.44 bits per heavy atom. The first-order valence-corrected chi connectivity index (χ1v) is 13.7. The van der Waals surface area contributed by atoms with Crippen LogP contribution in [-0.4, -0.2) is 76.4 Å². The number of para-hydroxylation sites is 1. The smallest absolute Gasteiger partial charge is 0.408 e. The summed E-state index contributed by atoms with van der Waals surface area (Å²) in [5, 5.41) is 26.7. The van der Waals surface area contributed by atoms with E-state index in [4.69, 9.17) is 9.47 Å². The molecule has 4 amide bonds. The molecule has 1 unspecified atom stereocenters. The van der Waals surface area contributed by atoms with E-state index >= 15 is 0 Å². The van der Waals surface area contributed by atoms with Gasteiger partial charge in [0.05, 0.1) is 18.5 Å². The third kappa shape index (κ3) is 6.59. The second-order valence-electron chi connectivity index (χ2n) is 10.5. The van der Waals surface area contributed by atoms with Crippen LogP contribution in [0.15, 0.2) is 48.5 Å². The van der Waals surface area contributed by atoms with Gasteiger partial charge < -0.3 is 35.6 Å². The molecule has 0 spiro atoms. The molecule has 1 saturated heterocycles. The standard InChI is InChI=1S/C29H30N4O10/c34-22(35)12-19(32-29(41)42-14-15-5-2-1-3-6-15)25(37)30-18-10-9-16-7-4-8-17-11-21(33(24(16)17)27(18)39)26(38)31-20-13-23(36)43-28(20)40/h1-8,18-21,28,40H,9-14H2,(H,30,37)(H,31,38)(H,32,41)(H,34,35)/t18-,19-,20-,21-,28?/m0/s1. The number of ether oxygens (including phenoxy) is 2. The highest BCUT2D eigenvalue weighted by molar-refractivity contribution is 6.08. The maximum atomic E-state index is 13.9. The van der Waals surface area contributed by atoms with Crippen LogP contribution in [-0.2, 0) is 52.9 Å². The Kier molecular flexibility index (Phi) is 8.57. The van der Waals surface area contributed by atoms with Gasteiger partial charge >= 0.3 is 18.0 Å². The summed E-state index contributed by atoms with van der Waals surface area (Å²) in [6.07, 6.45) is -2.84. The molecule has 3 aliphatic rings. The summed E-state index contributed by atoms with van der Waals surface area (Å²) in [6.45, 7) is -0.105. The number of alkyl carbamates (subject to hydrolysis) is 1. The number of benzene rings is 2. The zero-order chi connectivity index (χ0) is 30.7. The Hall–Kier alpha value is -4.98. The van der Waals surface area contributed by atoms with Gasteiger partial charge in [-0.3, -0.25) is 28.9 Å². The molecular weight excluding hydrogens is 564 g/mol. The van der Waals surface area contributed by atoms with Crippen LogP contribution in [0.2, 0.25) is 0 Å². The predicted octanol–water partition coefficient (Wildman–Crippen LogP) is -0.105. The van der Waals surface area contributed by atoms with E-state index in [-0.39, 0.29) is 25.9 Å². The van der Waals surface area contributed by atoms with E-state index in [1.54, 1.807) is 42.5 Å². The number of aryl methyl sites for hydroxylation is 1. The number of nitrogens with one attached hydrogen (secondary N) is 3. The largest absolute Gasteiger partial charge is 0.481 e. The molecule has 0 aliphatic carbocycles. The van der Waals surface area contributed by atoms with E-state index in [2.05, 4.69) is 16.0 Å². The first-order valence-electron chi connectivity index (χ1n) is 13.7. The van der Waals surface area contributed by atoms with Gasteiger partial charge in [0.2, 0.25) is 24.0 Å². The van der Waals surface area contributed by atoms with Crippen LogP contribution in [0.1, 0.15) is 36.0 Å². The lowest BCUT2D eigenvalue weighted by atomic mass is 10.0. The lowest BCUT2D eigenvalue weighted by Crippen LogP contribution is -2.58. The number of carboxylic acids is 1. The number of carbonyl (C=O) groups excluding carboxylic acids is 5. The number of rotatable bonds is 9. The molecule has 5 atom stereocenters. The number of hydrogen-bond donors (Lipinski definition) is 5. The fourth-order valence-corrected chi connectivity index (χ4v) is 5.48. The average molecular weight is 595 g/mol. The normalized spacial score (nSPS) is 23.0. The van der Waals surface area contributed by atoms with Gasteiger partial charge in [-0.1, -0.05) is 48.5 Å². The van der Waals surface area contributed by atoms with Gasteiger partial charge in [0.15, 0.2) is 0 Å². The van der Waals surface area contributed by atoms with Crippen molar-refractivity contribution in [2.75, 3.05) is 4.90 Å². The number of amides is 4. The lowest BCUT2D eigenvalue weighted by Gasteiger charge is -2.29. The van der Waals surface area contributed by atoms with Crippen molar-refractivity contribution in [2.45, 2.75) is 69.2 Å². The number of carboxylic acid groups (broad SMARTS) is 1. The monoisotopic (exact) mass is 594 g/mol. The van der Waals surface area contributed by atoms with Crippen LogP contribution in [0.25, 0.3) is 0 Å². The first kappa shape index (κ1) is 29.5. The van der Waals surface area contributed by atoms with Crippen molar-refractivity contribution < 1.29 is 48.5 Å². The quantitative estimate of drug-likeness (QED) is 0.244. The number of aliphatic hydroxyl groups excluding tert-OH is 1. The van der Waals surface area contributed by atoms with E-state index in [9.17, 15) is 39.0 Å². The van der Waals surface area contributed by atoms with Crippen LogP contribution < -0.4 is 20.9 Å². The molecule has 0 aromatic heterocycles. The third-order valence-electron chi connectivity index (χ3n) is 7.54. The molecule has 3 aliphatic heterocycles. The number of hydrogen-bond acceptors (Lipinski definition) is 9. The molecule has 0 radical (unpaired) electrons. The summed E-state index contributed by atoms with van der Waals surface area (Å²) >= 11 is 0. The molecule has 14 heteroatoms. The minimum atomic E-state index is -1.55. The number of esters is 1. The number of aliphatic hydroxyl groups is 1. The fraction of sp³-hybridized carbons (Fsp3) is 0.379. The second kappa shape index (κ2) is 12.5. The molecule has 0 saturated carbocycles. The van der Waals surface area contributed by atoms with E-state index < -0.39 is 72.6 Å². The van der Waals surface area contributed by atoms with Gasteiger partial charge in [-0.2, -0.15) is 0 Å². The molecular formula is C29H30N4O10. The maximum absolute atomic E-state index is 13.9. The van der Waals surface area contributed by atoms with Crippen LogP contribution in [0, 0.1) is 0 Å². The summed E-state index contributed by atoms with van der Waals surface area (Å²) < 4.78 is 9.82. The molecule has 5 N–H and O–H groups in total. The Morgan fingerprint density at radius 1 is 1.00 bits per heavy atom. The summed E-state index contributed by atoms with van der Waals surface area (Å²) in [7, 11) is 0. The Morgan fingerprint density at radius 2 is 1.74 bits per heavy atom. The molecule has 43 heavy (non-hydrogen) atoms. The van der Waals surface area contributed by atoms with Crippen molar-refractivity contribution in [3.05, 3.63) is 65.2 Å². The lowest BCUT2D eigenvalue weighted by molar-refractivity contribution is -0.155. The highest BCUT2D eigenvalue weighted by atomic mass is 16.6. The van der Waals surface area contributed by atoms with Crippen molar-refractivity contribution in [3.8, 4) is 0 Å². The molecule has 2 aromatic rings. The van der Waals surface area contributed by atoms with Gasteiger partial charge in [-0.15, -0.1) is 0 Å². The van der Waals surface area contributed by atoms with Gasteiger partial charge in [0, 0.05) is 6.42 Å². The number of carbonyl (C=O) groups is 6. The van der Waals surface area contributed by atoms with Gasteiger partial charge in [-0.05, 0) is 29.5 Å². The summed E-state index contributed by atoms with van der Waals surface area (Å²) in [5.74, 6) is -4.15. The van der Waals surface area contributed by atoms with Crippen molar-refractivity contribution in [2.24, 2.45) is 0 Å². The van der Waals surface area contributed by atoms with Gasteiger partial charge in [-0.25, -0.2) is 4.79 Å². The number of aliphatic carboxylic acids is 1. The molecule has 226 valence electrons. The second-order valence-corrected chi connectivity index (χ2v) is 10.5. The van der Waals surface area contributed by atoms with E-state index in [1.807, 2.05) is 6.07 Å².